The van der Waals surface area contributed by atoms with Crippen LogP contribution in [0.25, 0.3) is 0 Å². The van der Waals surface area contributed by atoms with Gasteiger partial charge in [-0.05, 0) is 30.9 Å². The summed E-state index contributed by atoms with van der Waals surface area (Å²) in [5.74, 6) is 0.0245. The molecule has 0 aliphatic carbocycles. The molecular weight excluding hydrogens is 312 g/mol. The van der Waals surface area contributed by atoms with Crippen molar-refractivity contribution in [2.75, 3.05) is 19.3 Å². The van der Waals surface area contributed by atoms with Crippen molar-refractivity contribution in [3.8, 4) is 0 Å². The van der Waals surface area contributed by atoms with Crippen LogP contribution in [0, 0.1) is 0 Å². The maximum atomic E-state index is 12.5. The molecule has 0 aromatic heterocycles. The molecule has 0 radical (unpaired) electrons. The van der Waals surface area contributed by atoms with Crippen molar-refractivity contribution in [2.45, 2.75) is 45.7 Å². The Balaban J connectivity index is 1.97. The Bertz CT molecular complexity index is 658. The Morgan fingerprint density at radius 1 is 1.30 bits per heavy atom. The molecule has 0 N–H and O–H groups in total. The largest absolute Gasteiger partial charge is 0.338 e. The summed E-state index contributed by atoms with van der Waals surface area (Å²) in [6.07, 6.45) is 3.04. The first kappa shape index (κ1) is 17.9. The number of fused-ring (bicyclic) bond motifs is 1. The smallest absolute Gasteiger partial charge is 0.224 e. The van der Waals surface area contributed by atoms with Crippen LogP contribution in [0.1, 0.15) is 37.8 Å². The van der Waals surface area contributed by atoms with E-state index in [4.69, 9.17) is 0 Å². The fourth-order valence-corrected chi connectivity index (χ4v) is 4.22. The predicted octanol–water partition coefficient (Wildman–Crippen LogP) is 2.02. The molecule has 0 bridgehead atoms. The van der Waals surface area contributed by atoms with Gasteiger partial charge in [-0.25, -0.2) is 8.42 Å². The summed E-state index contributed by atoms with van der Waals surface area (Å²) in [5, 5.41) is 0. The monoisotopic (exact) mass is 338 g/mol. The molecule has 0 saturated heterocycles. The van der Waals surface area contributed by atoms with E-state index < -0.39 is 10.0 Å². The molecule has 1 unspecified atom stereocenters. The number of hydrogen-bond acceptors (Lipinski definition) is 3. The van der Waals surface area contributed by atoms with Gasteiger partial charge >= 0.3 is 0 Å². The first-order valence-corrected chi connectivity index (χ1v) is 9.99. The summed E-state index contributed by atoms with van der Waals surface area (Å²) < 4.78 is 25.2. The summed E-state index contributed by atoms with van der Waals surface area (Å²) in [6.45, 7) is 5.41. The van der Waals surface area contributed by atoms with E-state index in [0.717, 1.165) is 12.8 Å². The van der Waals surface area contributed by atoms with E-state index in [-0.39, 0.29) is 24.9 Å². The van der Waals surface area contributed by atoms with Crippen molar-refractivity contribution < 1.29 is 13.2 Å². The van der Waals surface area contributed by atoms with E-state index in [0.29, 0.717) is 13.1 Å². The van der Waals surface area contributed by atoms with Crippen LogP contribution in [0.2, 0.25) is 0 Å². The van der Waals surface area contributed by atoms with Gasteiger partial charge in [0.1, 0.15) is 0 Å². The van der Waals surface area contributed by atoms with Gasteiger partial charge < -0.3 is 4.90 Å². The molecule has 128 valence electrons. The maximum Gasteiger partial charge on any atom is 0.224 e. The lowest BCUT2D eigenvalue weighted by molar-refractivity contribution is -0.132. The van der Waals surface area contributed by atoms with E-state index in [9.17, 15) is 13.2 Å². The average Bonchev–Trinajstić information content (AvgIpc) is 2.52. The van der Waals surface area contributed by atoms with E-state index >= 15 is 0 Å². The Kier molecular flexibility index (Phi) is 5.81. The molecule has 1 aromatic rings. The number of carbonyl (C=O) groups excluding carboxylic acids is 1. The van der Waals surface area contributed by atoms with Gasteiger partial charge in [-0.3, -0.25) is 4.79 Å². The topological polar surface area (TPSA) is 57.7 Å². The molecule has 0 saturated carbocycles. The highest BCUT2D eigenvalue weighted by Crippen LogP contribution is 2.19. The minimum atomic E-state index is -3.29. The van der Waals surface area contributed by atoms with Crippen molar-refractivity contribution in [3.05, 3.63) is 35.4 Å². The molecule has 6 heteroatoms. The molecular formula is C17H26N2O3S. The normalized spacial score (nSPS) is 16.3. The quantitative estimate of drug-likeness (QED) is 0.797. The number of nitrogens with zero attached hydrogens (tertiary/aromatic N) is 2. The molecule has 1 aliphatic rings. The Morgan fingerprint density at radius 2 is 1.96 bits per heavy atom. The number of carbonyl (C=O) groups is 1. The van der Waals surface area contributed by atoms with Crippen molar-refractivity contribution >= 4 is 15.9 Å². The molecule has 0 spiro atoms. The zero-order valence-corrected chi connectivity index (χ0v) is 15.0. The van der Waals surface area contributed by atoms with Crippen LogP contribution >= 0.6 is 0 Å². The molecule has 0 fully saturated rings. The second kappa shape index (κ2) is 7.45. The Morgan fingerprint density at radius 3 is 2.57 bits per heavy atom. The highest BCUT2D eigenvalue weighted by Gasteiger charge is 2.25. The number of sulfonamides is 1. The SMILES string of the molecule is CCC(C)N(CCC(=O)N1CCc2ccccc2C1)S(C)(=O)=O. The molecule has 5 nitrogen and oxygen atoms in total. The van der Waals surface area contributed by atoms with Gasteiger partial charge in [0, 0.05) is 32.1 Å². The zero-order valence-electron chi connectivity index (χ0n) is 14.2. The first-order valence-electron chi connectivity index (χ1n) is 8.14. The number of rotatable bonds is 6. The second-order valence-electron chi connectivity index (χ2n) is 6.21. The lowest BCUT2D eigenvalue weighted by Crippen LogP contribution is -2.42. The van der Waals surface area contributed by atoms with Crippen LogP contribution in [0.4, 0.5) is 0 Å². The summed E-state index contributed by atoms with van der Waals surface area (Å²) in [5.41, 5.74) is 2.49. The lowest BCUT2D eigenvalue weighted by atomic mass is 10.00. The van der Waals surface area contributed by atoms with Crippen molar-refractivity contribution in [1.29, 1.82) is 0 Å². The fraction of sp³-hybridized carbons (Fsp3) is 0.588. The Labute approximate surface area is 139 Å². The van der Waals surface area contributed by atoms with Crippen LogP contribution in [-0.2, 0) is 27.8 Å². The number of benzene rings is 1. The fourth-order valence-electron chi connectivity index (χ4n) is 2.99. The van der Waals surface area contributed by atoms with Crippen LogP contribution in [0.3, 0.4) is 0 Å². The number of hydrogen-bond donors (Lipinski definition) is 0. The van der Waals surface area contributed by atoms with Crippen LogP contribution in [0.5, 0.6) is 0 Å². The van der Waals surface area contributed by atoms with Crippen molar-refractivity contribution in [2.24, 2.45) is 0 Å². The molecule has 1 heterocycles. The van der Waals surface area contributed by atoms with Gasteiger partial charge in [0.15, 0.2) is 0 Å². The van der Waals surface area contributed by atoms with Crippen molar-refractivity contribution in [3.63, 3.8) is 0 Å². The van der Waals surface area contributed by atoms with E-state index in [1.807, 2.05) is 30.9 Å². The van der Waals surface area contributed by atoms with Crippen LogP contribution < -0.4 is 0 Å². The minimum Gasteiger partial charge on any atom is -0.338 e. The van der Waals surface area contributed by atoms with Crippen LogP contribution in [0.15, 0.2) is 24.3 Å². The average molecular weight is 338 g/mol. The van der Waals surface area contributed by atoms with E-state index in [2.05, 4.69) is 12.1 Å². The summed E-state index contributed by atoms with van der Waals surface area (Å²) >= 11 is 0. The summed E-state index contributed by atoms with van der Waals surface area (Å²) in [4.78, 5) is 14.3. The predicted molar refractivity (Wildman–Crippen MR) is 91.5 cm³/mol. The summed E-state index contributed by atoms with van der Waals surface area (Å²) in [6, 6.07) is 8.08. The Hall–Kier alpha value is -1.40. The third-order valence-corrected chi connectivity index (χ3v) is 5.93. The third kappa shape index (κ3) is 4.54. The van der Waals surface area contributed by atoms with Gasteiger partial charge in [-0.2, -0.15) is 4.31 Å². The van der Waals surface area contributed by atoms with E-state index in [1.54, 1.807) is 0 Å². The minimum absolute atomic E-state index is 0.0245. The molecule has 1 aliphatic heterocycles. The summed E-state index contributed by atoms with van der Waals surface area (Å²) in [7, 11) is -3.29. The highest BCUT2D eigenvalue weighted by atomic mass is 32.2. The van der Waals surface area contributed by atoms with Gasteiger partial charge in [-0.15, -0.1) is 0 Å². The molecule has 1 amide bonds. The van der Waals surface area contributed by atoms with Gasteiger partial charge in [-0.1, -0.05) is 31.2 Å². The van der Waals surface area contributed by atoms with Gasteiger partial charge in [0.2, 0.25) is 15.9 Å². The maximum absolute atomic E-state index is 12.5. The molecule has 23 heavy (non-hydrogen) atoms. The van der Waals surface area contributed by atoms with Gasteiger partial charge in [0.05, 0.1) is 6.26 Å². The second-order valence-corrected chi connectivity index (χ2v) is 8.15. The lowest BCUT2D eigenvalue weighted by Gasteiger charge is -2.30. The molecule has 1 aromatic carbocycles. The van der Waals surface area contributed by atoms with Crippen molar-refractivity contribution in [1.82, 2.24) is 9.21 Å². The van der Waals surface area contributed by atoms with Crippen LogP contribution in [-0.4, -0.2) is 48.9 Å². The third-order valence-electron chi connectivity index (χ3n) is 4.54. The van der Waals surface area contributed by atoms with Gasteiger partial charge in [0.25, 0.3) is 0 Å². The highest BCUT2D eigenvalue weighted by molar-refractivity contribution is 7.88. The van der Waals surface area contributed by atoms with E-state index in [1.165, 1.54) is 21.7 Å². The molecule has 1 atom stereocenters. The zero-order chi connectivity index (χ0) is 17.0. The first-order chi connectivity index (χ1) is 10.8. The number of amides is 1. The molecule has 2 rings (SSSR count). The standard InChI is InChI=1S/C17H26N2O3S/c1-4-14(2)19(23(3,21)22)12-10-17(20)18-11-9-15-7-5-6-8-16(15)13-18/h5-8,14H,4,9-13H2,1-3H3.